The van der Waals surface area contributed by atoms with E-state index < -0.39 is 0 Å². The van der Waals surface area contributed by atoms with Crippen molar-refractivity contribution in [2.45, 2.75) is 13.0 Å². The molecule has 1 atom stereocenters. The lowest BCUT2D eigenvalue weighted by molar-refractivity contribution is -0.123. The van der Waals surface area contributed by atoms with E-state index in [0.29, 0.717) is 28.4 Å². The molecule has 2 aromatic rings. The highest BCUT2D eigenvalue weighted by atomic mass is 35.5. The Bertz CT molecular complexity index is 715. The van der Waals surface area contributed by atoms with Crippen molar-refractivity contribution < 1.29 is 19.1 Å². The number of ether oxygens (including phenoxy) is 2. The van der Waals surface area contributed by atoms with Gasteiger partial charge in [-0.2, -0.15) is 0 Å². The van der Waals surface area contributed by atoms with E-state index in [9.17, 15) is 9.59 Å². The molecule has 0 fully saturated rings. The van der Waals surface area contributed by atoms with E-state index in [0.717, 1.165) is 5.56 Å². The van der Waals surface area contributed by atoms with E-state index in [2.05, 4.69) is 5.32 Å². The van der Waals surface area contributed by atoms with Gasteiger partial charge in [0.15, 0.2) is 12.9 Å². The first-order valence-electron chi connectivity index (χ1n) is 7.34. The van der Waals surface area contributed by atoms with Crippen LogP contribution in [-0.4, -0.2) is 25.9 Å². The lowest BCUT2D eigenvalue weighted by atomic mass is 10.1. The van der Waals surface area contributed by atoms with Crippen LogP contribution in [-0.2, 0) is 4.79 Å². The third kappa shape index (κ3) is 4.73. The van der Waals surface area contributed by atoms with Crippen LogP contribution in [0.4, 0.5) is 0 Å². The number of benzene rings is 2. The predicted octanol–water partition coefficient (Wildman–Crippen LogP) is 3.42. The molecule has 1 amide bonds. The molecule has 0 radical (unpaired) electrons. The third-order valence-corrected chi connectivity index (χ3v) is 3.70. The Hall–Kier alpha value is -2.53. The van der Waals surface area contributed by atoms with E-state index in [-0.39, 0.29) is 18.6 Å². The van der Waals surface area contributed by atoms with Crippen molar-refractivity contribution in [1.82, 2.24) is 5.32 Å². The van der Waals surface area contributed by atoms with Gasteiger partial charge in [-0.15, -0.1) is 0 Å². The molecule has 1 N–H and O–H groups in total. The van der Waals surface area contributed by atoms with Crippen LogP contribution in [0.5, 0.6) is 11.5 Å². The van der Waals surface area contributed by atoms with Gasteiger partial charge in [-0.1, -0.05) is 23.7 Å². The summed E-state index contributed by atoms with van der Waals surface area (Å²) in [6, 6.07) is 11.9. The smallest absolute Gasteiger partial charge is 0.258 e. The number of halogens is 1. The van der Waals surface area contributed by atoms with Gasteiger partial charge in [-0.05, 0) is 42.8 Å². The summed E-state index contributed by atoms with van der Waals surface area (Å²) in [5.74, 6) is 0.593. The summed E-state index contributed by atoms with van der Waals surface area (Å²) in [5, 5.41) is 3.47. The first-order valence-corrected chi connectivity index (χ1v) is 7.72. The van der Waals surface area contributed by atoms with Crippen LogP contribution in [0.25, 0.3) is 0 Å². The molecule has 0 spiro atoms. The van der Waals surface area contributed by atoms with Crippen molar-refractivity contribution in [2.24, 2.45) is 0 Å². The zero-order valence-corrected chi connectivity index (χ0v) is 14.2. The van der Waals surface area contributed by atoms with E-state index >= 15 is 0 Å². The SMILES string of the molecule is COc1ccc(OCC(=O)N[C@@H](C)c2ccc(Cl)cc2)c(C=O)c1. The molecule has 0 saturated heterocycles. The summed E-state index contributed by atoms with van der Waals surface area (Å²) >= 11 is 5.85. The van der Waals surface area contributed by atoms with Crippen molar-refractivity contribution >= 4 is 23.8 Å². The van der Waals surface area contributed by atoms with Crippen molar-refractivity contribution in [2.75, 3.05) is 13.7 Å². The van der Waals surface area contributed by atoms with Crippen LogP contribution in [0.2, 0.25) is 5.02 Å². The quantitative estimate of drug-likeness (QED) is 0.779. The fraction of sp³-hybridized carbons (Fsp3) is 0.222. The monoisotopic (exact) mass is 347 g/mol. The Morgan fingerprint density at radius 2 is 1.96 bits per heavy atom. The van der Waals surface area contributed by atoms with Crippen LogP contribution >= 0.6 is 11.6 Å². The molecule has 0 aliphatic rings. The number of rotatable bonds is 7. The molecule has 6 heteroatoms. The zero-order chi connectivity index (χ0) is 17.5. The molecule has 2 rings (SSSR count). The van der Waals surface area contributed by atoms with Crippen molar-refractivity contribution in [3.05, 3.63) is 58.6 Å². The standard InChI is InChI=1S/C18H18ClNO4/c1-12(13-3-5-15(19)6-4-13)20-18(22)11-24-17-8-7-16(23-2)9-14(17)10-21/h3-10,12H,11H2,1-2H3,(H,20,22)/t12-/m0/s1. The largest absolute Gasteiger partial charge is 0.497 e. The maximum atomic E-state index is 12.0. The molecule has 5 nitrogen and oxygen atoms in total. The number of carbonyl (C=O) groups is 2. The molecule has 0 aliphatic heterocycles. The molecule has 24 heavy (non-hydrogen) atoms. The number of amides is 1. The summed E-state index contributed by atoms with van der Waals surface area (Å²) < 4.78 is 10.5. The van der Waals surface area contributed by atoms with Gasteiger partial charge in [0.1, 0.15) is 11.5 Å². The highest BCUT2D eigenvalue weighted by Gasteiger charge is 2.12. The molecule has 126 valence electrons. The van der Waals surface area contributed by atoms with Gasteiger partial charge in [-0.3, -0.25) is 9.59 Å². The Kier molecular flexibility index (Phi) is 6.21. The second-order valence-electron chi connectivity index (χ2n) is 5.15. The van der Waals surface area contributed by atoms with E-state index in [1.165, 1.54) is 7.11 Å². The maximum Gasteiger partial charge on any atom is 0.258 e. The minimum absolute atomic E-state index is 0.181. The van der Waals surface area contributed by atoms with Crippen molar-refractivity contribution in [1.29, 1.82) is 0 Å². The summed E-state index contributed by atoms with van der Waals surface area (Å²) in [7, 11) is 1.51. The molecule has 0 unspecified atom stereocenters. The molecular formula is C18H18ClNO4. The highest BCUT2D eigenvalue weighted by molar-refractivity contribution is 6.30. The summed E-state index contributed by atoms with van der Waals surface area (Å²) in [6.07, 6.45) is 0.659. The first kappa shape index (κ1) is 17.8. The van der Waals surface area contributed by atoms with Crippen molar-refractivity contribution in [3.63, 3.8) is 0 Å². The molecule has 0 saturated carbocycles. The van der Waals surface area contributed by atoms with Gasteiger partial charge in [0, 0.05) is 5.02 Å². The summed E-state index contributed by atoms with van der Waals surface area (Å²) in [6.45, 7) is 1.68. The van der Waals surface area contributed by atoms with E-state index in [1.807, 2.05) is 19.1 Å². The van der Waals surface area contributed by atoms with Gasteiger partial charge in [0.05, 0.1) is 18.7 Å². The van der Waals surface area contributed by atoms with Crippen LogP contribution in [0.1, 0.15) is 28.9 Å². The van der Waals surface area contributed by atoms with Crippen LogP contribution in [0.3, 0.4) is 0 Å². The Labute approximate surface area is 145 Å². The van der Waals surface area contributed by atoms with Crippen molar-refractivity contribution in [3.8, 4) is 11.5 Å². The lowest BCUT2D eigenvalue weighted by Gasteiger charge is -2.15. The normalized spacial score (nSPS) is 11.5. The fourth-order valence-corrected chi connectivity index (χ4v) is 2.26. The molecule has 0 aliphatic carbocycles. The summed E-state index contributed by atoms with van der Waals surface area (Å²) in [5.41, 5.74) is 1.26. The van der Waals surface area contributed by atoms with Gasteiger partial charge in [0.25, 0.3) is 5.91 Å². The van der Waals surface area contributed by atoms with Crippen LogP contribution in [0, 0.1) is 0 Å². The fourth-order valence-electron chi connectivity index (χ4n) is 2.14. The summed E-state index contributed by atoms with van der Waals surface area (Å²) in [4.78, 5) is 23.1. The second kappa shape index (κ2) is 8.36. The number of nitrogens with one attached hydrogen (secondary N) is 1. The molecule has 2 aromatic carbocycles. The number of hydrogen-bond acceptors (Lipinski definition) is 4. The predicted molar refractivity (Wildman–Crippen MR) is 91.9 cm³/mol. The maximum absolute atomic E-state index is 12.0. The van der Waals surface area contributed by atoms with Crippen LogP contribution < -0.4 is 14.8 Å². The van der Waals surface area contributed by atoms with Gasteiger partial charge in [-0.25, -0.2) is 0 Å². The molecule has 0 bridgehead atoms. The topological polar surface area (TPSA) is 64.6 Å². The molecule has 0 aromatic heterocycles. The zero-order valence-electron chi connectivity index (χ0n) is 13.4. The van der Waals surface area contributed by atoms with E-state index in [1.54, 1.807) is 30.3 Å². The molecular weight excluding hydrogens is 330 g/mol. The van der Waals surface area contributed by atoms with Gasteiger partial charge >= 0.3 is 0 Å². The Balaban J connectivity index is 1.93. The minimum atomic E-state index is -0.287. The van der Waals surface area contributed by atoms with E-state index in [4.69, 9.17) is 21.1 Å². The average Bonchev–Trinajstić information content (AvgIpc) is 2.60. The Morgan fingerprint density at radius 3 is 2.58 bits per heavy atom. The third-order valence-electron chi connectivity index (χ3n) is 3.45. The Morgan fingerprint density at radius 1 is 1.25 bits per heavy atom. The van der Waals surface area contributed by atoms with Gasteiger partial charge < -0.3 is 14.8 Å². The highest BCUT2D eigenvalue weighted by Crippen LogP contribution is 2.22. The molecule has 0 heterocycles. The second-order valence-corrected chi connectivity index (χ2v) is 5.59. The number of methoxy groups -OCH3 is 1. The number of carbonyl (C=O) groups excluding carboxylic acids is 2. The number of hydrogen-bond donors (Lipinski definition) is 1. The average molecular weight is 348 g/mol. The lowest BCUT2D eigenvalue weighted by Crippen LogP contribution is -2.31. The first-order chi connectivity index (χ1) is 11.5. The van der Waals surface area contributed by atoms with Gasteiger partial charge in [0.2, 0.25) is 0 Å². The minimum Gasteiger partial charge on any atom is -0.497 e. The van der Waals surface area contributed by atoms with Crippen LogP contribution in [0.15, 0.2) is 42.5 Å². The number of aldehydes is 1.